The molecule has 0 radical (unpaired) electrons. The van der Waals surface area contributed by atoms with E-state index >= 15 is 0 Å². The van der Waals surface area contributed by atoms with Crippen LogP contribution in [0.2, 0.25) is 0 Å². The van der Waals surface area contributed by atoms with Gasteiger partial charge in [0.2, 0.25) is 17.6 Å². The van der Waals surface area contributed by atoms with Gasteiger partial charge < -0.3 is 24.4 Å². The summed E-state index contributed by atoms with van der Waals surface area (Å²) in [6.45, 7) is 6.39. The molecule has 1 aliphatic heterocycles. The van der Waals surface area contributed by atoms with Crippen LogP contribution in [0.3, 0.4) is 0 Å². The van der Waals surface area contributed by atoms with Gasteiger partial charge in [0.15, 0.2) is 11.5 Å². The van der Waals surface area contributed by atoms with Gasteiger partial charge >= 0.3 is 0 Å². The summed E-state index contributed by atoms with van der Waals surface area (Å²) in [5, 5.41) is 2.99. The lowest BCUT2D eigenvalue weighted by atomic mass is 10.0. The van der Waals surface area contributed by atoms with Crippen molar-refractivity contribution >= 4 is 17.5 Å². The zero-order chi connectivity index (χ0) is 19.4. The van der Waals surface area contributed by atoms with Gasteiger partial charge in [-0.3, -0.25) is 9.59 Å². The van der Waals surface area contributed by atoms with Crippen molar-refractivity contribution in [3.05, 3.63) is 12.1 Å². The van der Waals surface area contributed by atoms with Crippen LogP contribution in [0.25, 0.3) is 0 Å². The van der Waals surface area contributed by atoms with E-state index < -0.39 is 0 Å². The Labute approximate surface area is 154 Å². The number of methoxy groups -OCH3 is 3. The summed E-state index contributed by atoms with van der Waals surface area (Å²) in [6, 6.07) is 3.50. The molecule has 1 aliphatic rings. The standard InChI is InChI=1S/C19H28N2O5/c1-11(2)12(3)20-19(23)13-7-17(22)21(10-13)14-8-15(24-4)18(26-6)16(9-14)25-5/h8-9,11-13H,7,10H2,1-6H3,(H,20,23). The van der Waals surface area contributed by atoms with Gasteiger partial charge in [-0.15, -0.1) is 0 Å². The highest BCUT2D eigenvalue weighted by Gasteiger charge is 2.36. The van der Waals surface area contributed by atoms with Crippen LogP contribution in [0, 0.1) is 11.8 Å². The molecule has 0 spiro atoms. The predicted molar refractivity (Wildman–Crippen MR) is 99.0 cm³/mol. The zero-order valence-corrected chi connectivity index (χ0v) is 16.3. The molecule has 1 saturated heterocycles. The van der Waals surface area contributed by atoms with Crippen LogP contribution >= 0.6 is 0 Å². The third-order valence-electron chi connectivity index (χ3n) is 4.83. The molecule has 1 N–H and O–H groups in total. The number of carbonyl (C=O) groups excluding carboxylic acids is 2. The lowest BCUT2D eigenvalue weighted by Gasteiger charge is -2.21. The Hall–Kier alpha value is -2.44. The number of benzene rings is 1. The minimum Gasteiger partial charge on any atom is -0.493 e. The maximum Gasteiger partial charge on any atom is 0.227 e. The van der Waals surface area contributed by atoms with Crippen molar-refractivity contribution in [3.8, 4) is 17.2 Å². The maximum absolute atomic E-state index is 12.5. The third kappa shape index (κ3) is 4.03. The molecular formula is C19H28N2O5. The van der Waals surface area contributed by atoms with E-state index in [0.29, 0.717) is 35.4 Å². The van der Waals surface area contributed by atoms with Crippen molar-refractivity contribution in [1.29, 1.82) is 0 Å². The Balaban J connectivity index is 2.22. The monoisotopic (exact) mass is 364 g/mol. The lowest BCUT2D eigenvalue weighted by molar-refractivity contribution is -0.127. The first-order chi connectivity index (χ1) is 12.3. The highest BCUT2D eigenvalue weighted by molar-refractivity contribution is 6.00. The molecule has 2 amide bonds. The van der Waals surface area contributed by atoms with Gasteiger partial charge in [0, 0.05) is 31.1 Å². The molecule has 26 heavy (non-hydrogen) atoms. The summed E-state index contributed by atoms with van der Waals surface area (Å²) in [5.41, 5.74) is 0.622. The minimum atomic E-state index is -0.372. The molecule has 2 rings (SSSR count). The average Bonchev–Trinajstić information content (AvgIpc) is 3.01. The van der Waals surface area contributed by atoms with Crippen LogP contribution in [0.15, 0.2) is 12.1 Å². The second kappa shape index (κ2) is 8.29. The molecule has 1 aromatic rings. The highest BCUT2D eigenvalue weighted by Crippen LogP contribution is 2.42. The quantitative estimate of drug-likeness (QED) is 0.803. The van der Waals surface area contributed by atoms with Gasteiger partial charge in [-0.2, -0.15) is 0 Å². The fraction of sp³-hybridized carbons (Fsp3) is 0.579. The molecule has 0 aliphatic carbocycles. The van der Waals surface area contributed by atoms with E-state index in [0.717, 1.165) is 0 Å². The molecule has 0 saturated carbocycles. The molecule has 7 nitrogen and oxygen atoms in total. The van der Waals surface area contributed by atoms with Gasteiger partial charge in [-0.25, -0.2) is 0 Å². The van der Waals surface area contributed by atoms with E-state index in [1.165, 1.54) is 21.3 Å². The highest BCUT2D eigenvalue weighted by atomic mass is 16.5. The number of hydrogen-bond donors (Lipinski definition) is 1. The van der Waals surface area contributed by atoms with Gasteiger partial charge in [-0.05, 0) is 12.8 Å². The number of nitrogens with one attached hydrogen (secondary N) is 1. The number of anilines is 1. The summed E-state index contributed by atoms with van der Waals surface area (Å²) in [7, 11) is 4.57. The average molecular weight is 364 g/mol. The fourth-order valence-corrected chi connectivity index (χ4v) is 2.86. The normalized spacial score (nSPS) is 18.0. The third-order valence-corrected chi connectivity index (χ3v) is 4.83. The summed E-state index contributed by atoms with van der Waals surface area (Å²) in [6.07, 6.45) is 0.188. The van der Waals surface area contributed by atoms with Crippen molar-refractivity contribution in [2.45, 2.75) is 33.2 Å². The number of rotatable bonds is 7. The molecular weight excluding hydrogens is 336 g/mol. The number of carbonyl (C=O) groups is 2. The molecule has 1 heterocycles. The molecule has 2 unspecified atom stereocenters. The van der Waals surface area contributed by atoms with Crippen LogP contribution < -0.4 is 24.4 Å². The maximum atomic E-state index is 12.5. The minimum absolute atomic E-state index is 0.0628. The smallest absolute Gasteiger partial charge is 0.227 e. The second-order valence-electron chi connectivity index (χ2n) is 6.83. The van der Waals surface area contributed by atoms with Gasteiger partial charge in [-0.1, -0.05) is 13.8 Å². The zero-order valence-electron chi connectivity index (χ0n) is 16.3. The fourth-order valence-electron chi connectivity index (χ4n) is 2.86. The molecule has 2 atom stereocenters. The Kier molecular flexibility index (Phi) is 6.34. The Morgan fingerprint density at radius 2 is 1.69 bits per heavy atom. The number of amides is 2. The molecule has 1 fully saturated rings. The van der Waals surface area contributed by atoms with Crippen LogP contribution in [0.5, 0.6) is 17.2 Å². The topological polar surface area (TPSA) is 77.1 Å². The van der Waals surface area contributed by atoms with E-state index in [4.69, 9.17) is 14.2 Å². The van der Waals surface area contributed by atoms with Gasteiger partial charge in [0.05, 0.1) is 32.9 Å². The van der Waals surface area contributed by atoms with Crippen LogP contribution in [0.1, 0.15) is 27.2 Å². The number of ether oxygens (including phenoxy) is 3. The summed E-state index contributed by atoms with van der Waals surface area (Å²) in [5.74, 6) is 1.17. The van der Waals surface area contributed by atoms with Crippen molar-refractivity contribution in [2.24, 2.45) is 11.8 Å². The first-order valence-corrected chi connectivity index (χ1v) is 8.73. The number of hydrogen-bond acceptors (Lipinski definition) is 5. The Morgan fingerprint density at radius 3 is 2.15 bits per heavy atom. The second-order valence-corrected chi connectivity index (χ2v) is 6.83. The largest absolute Gasteiger partial charge is 0.493 e. The van der Waals surface area contributed by atoms with E-state index in [9.17, 15) is 9.59 Å². The van der Waals surface area contributed by atoms with Crippen molar-refractivity contribution in [2.75, 3.05) is 32.8 Å². The van der Waals surface area contributed by atoms with E-state index in [2.05, 4.69) is 5.32 Å². The molecule has 7 heteroatoms. The molecule has 0 bridgehead atoms. The predicted octanol–water partition coefficient (Wildman–Crippen LogP) is 2.23. The van der Waals surface area contributed by atoms with Crippen LogP contribution in [-0.2, 0) is 9.59 Å². The van der Waals surface area contributed by atoms with Crippen molar-refractivity contribution < 1.29 is 23.8 Å². The van der Waals surface area contributed by atoms with Gasteiger partial charge in [0.1, 0.15) is 0 Å². The SMILES string of the molecule is COc1cc(N2CC(C(=O)NC(C)C(C)C)CC2=O)cc(OC)c1OC. The Morgan fingerprint density at radius 1 is 1.12 bits per heavy atom. The van der Waals surface area contributed by atoms with E-state index in [1.807, 2.05) is 20.8 Å². The van der Waals surface area contributed by atoms with E-state index in [1.54, 1.807) is 17.0 Å². The molecule has 0 aromatic heterocycles. The van der Waals surface area contributed by atoms with Gasteiger partial charge in [0.25, 0.3) is 0 Å². The lowest BCUT2D eigenvalue weighted by Crippen LogP contribution is -2.40. The van der Waals surface area contributed by atoms with Crippen molar-refractivity contribution in [3.63, 3.8) is 0 Å². The Bertz CT molecular complexity index is 649. The first-order valence-electron chi connectivity index (χ1n) is 8.73. The van der Waals surface area contributed by atoms with Crippen LogP contribution in [-0.4, -0.2) is 45.7 Å². The number of nitrogens with zero attached hydrogens (tertiary/aromatic N) is 1. The van der Waals surface area contributed by atoms with Crippen LogP contribution in [0.4, 0.5) is 5.69 Å². The summed E-state index contributed by atoms with van der Waals surface area (Å²) in [4.78, 5) is 26.6. The molecule has 144 valence electrons. The summed E-state index contributed by atoms with van der Waals surface area (Å²) >= 11 is 0. The summed E-state index contributed by atoms with van der Waals surface area (Å²) < 4.78 is 16.0. The van der Waals surface area contributed by atoms with E-state index in [-0.39, 0.29) is 30.2 Å². The van der Waals surface area contributed by atoms with Crippen molar-refractivity contribution in [1.82, 2.24) is 5.32 Å². The first kappa shape index (κ1) is 19.9. The molecule has 1 aromatic carbocycles.